The second-order valence-corrected chi connectivity index (χ2v) is 5.81. The lowest BCUT2D eigenvalue weighted by molar-refractivity contribution is -0.133. The fraction of sp³-hybridized carbons (Fsp3) is 0.400. The topological polar surface area (TPSA) is 62.3 Å². The summed E-state index contributed by atoms with van der Waals surface area (Å²) in [6.07, 6.45) is 5.95. The highest BCUT2D eigenvalue weighted by Crippen LogP contribution is 2.24. The molecule has 5 nitrogen and oxygen atoms in total. The molecule has 21 heavy (non-hydrogen) atoms. The molecule has 1 aromatic rings. The van der Waals surface area contributed by atoms with Crippen molar-refractivity contribution in [2.24, 2.45) is 0 Å². The smallest absolute Gasteiger partial charge is 0.250 e. The number of nitrogens with one attached hydrogen (secondary N) is 1. The van der Waals surface area contributed by atoms with Gasteiger partial charge in [0, 0.05) is 29.4 Å². The number of hydrogen-bond acceptors (Lipinski definition) is 4. The van der Waals surface area contributed by atoms with Crippen LogP contribution in [-0.2, 0) is 9.59 Å². The molecule has 0 aromatic carbocycles. The van der Waals surface area contributed by atoms with Crippen LogP contribution >= 0.6 is 11.8 Å². The third kappa shape index (κ3) is 3.85. The van der Waals surface area contributed by atoms with E-state index in [2.05, 4.69) is 10.3 Å². The predicted octanol–water partition coefficient (Wildman–Crippen LogP) is 2.28. The summed E-state index contributed by atoms with van der Waals surface area (Å²) in [4.78, 5) is 30.3. The first-order valence-electron chi connectivity index (χ1n) is 6.90. The molecule has 1 saturated heterocycles. The van der Waals surface area contributed by atoms with E-state index in [9.17, 15) is 9.59 Å². The van der Waals surface area contributed by atoms with Crippen molar-refractivity contribution in [1.29, 1.82) is 0 Å². The summed E-state index contributed by atoms with van der Waals surface area (Å²) in [7, 11) is 0. The van der Waals surface area contributed by atoms with Gasteiger partial charge in [-0.05, 0) is 25.5 Å². The zero-order valence-corrected chi connectivity index (χ0v) is 13.0. The van der Waals surface area contributed by atoms with Gasteiger partial charge in [0.1, 0.15) is 6.04 Å². The number of nitrogens with zero attached hydrogens (tertiary/aromatic N) is 2. The molecule has 1 N–H and O–H groups in total. The molecule has 0 spiro atoms. The van der Waals surface area contributed by atoms with Crippen LogP contribution in [0, 0.1) is 0 Å². The molecular weight excluding hydrogens is 286 g/mol. The van der Waals surface area contributed by atoms with Crippen LogP contribution in [0.25, 0.3) is 0 Å². The Morgan fingerprint density at radius 2 is 2.19 bits per heavy atom. The van der Waals surface area contributed by atoms with E-state index < -0.39 is 6.04 Å². The van der Waals surface area contributed by atoms with E-state index in [0.717, 1.165) is 6.42 Å². The number of amides is 2. The zero-order chi connectivity index (χ0) is 15.2. The number of carbonyl (C=O) groups excluding carboxylic acids is 2. The molecule has 112 valence electrons. The van der Waals surface area contributed by atoms with E-state index in [1.807, 2.05) is 13.0 Å². The van der Waals surface area contributed by atoms with Crippen LogP contribution in [0.5, 0.6) is 0 Å². The van der Waals surface area contributed by atoms with E-state index >= 15 is 0 Å². The van der Waals surface area contributed by atoms with Crippen molar-refractivity contribution in [1.82, 2.24) is 9.88 Å². The zero-order valence-electron chi connectivity index (χ0n) is 12.2. The third-order valence-corrected chi connectivity index (χ3v) is 4.25. The van der Waals surface area contributed by atoms with Gasteiger partial charge in [0.2, 0.25) is 5.91 Å². The maximum absolute atomic E-state index is 12.4. The molecule has 0 saturated carbocycles. The fourth-order valence-corrected chi connectivity index (χ4v) is 3.29. The van der Waals surface area contributed by atoms with Gasteiger partial charge in [-0.2, -0.15) is 0 Å². The van der Waals surface area contributed by atoms with E-state index in [1.165, 1.54) is 0 Å². The summed E-state index contributed by atoms with van der Waals surface area (Å²) in [5.74, 6) is 0.977. The summed E-state index contributed by atoms with van der Waals surface area (Å²) < 4.78 is 0. The van der Waals surface area contributed by atoms with Gasteiger partial charge in [0.15, 0.2) is 0 Å². The summed E-state index contributed by atoms with van der Waals surface area (Å²) in [6, 6.07) is 3.04. The molecule has 2 rings (SSSR count). The summed E-state index contributed by atoms with van der Waals surface area (Å²) in [6.45, 7) is 3.79. The molecule has 1 aliphatic rings. The lowest BCUT2D eigenvalue weighted by Gasteiger charge is -2.23. The minimum Gasteiger partial charge on any atom is -0.324 e. The number of allylic oxidation sites excluding steroid dienone is 1. The fourth-order valence-electron chi connectivity index (χ4n) is 2.14. The second kappa shape index (κ2) is 7.26. The standard InChI is InChI=1S/C15H19N3O2S/c1-3-4-11(2)15(20)18-10-21-9-13(18)14(19)17-12-5-7-16-8-6-12/h4-8,13H,3,9-10H2,1-2H3,(H,16,17,19)/b11-4+/t13-/m1/s1. The number of carbonyl (C=O) groups is 2. The minimum atomic E-state index is -0.420. The normalized spacial score (nSPS) is 18.7. The molecule has 0 aliphatic carbocycles. The van der Waals surface area contributed by atoms with Crippen molar-refractivity contribution in [2.75, 3.05) is 16.9 Å². The molecule has 2 heterocycles. The van der Waals surface area contributed by atoms with Gasteiger partial charge in [0.25, 0.3) is 5.91 Å². The van der Waals surface area contributed by atoms with Gasteiger partial charge in [-0.15, -0.1) is 11.8 Å². The van der Waals surface area contributed by atoms with Gasteiger partial charge < -0.3 is 10.2 Å². The van der Waals surface area contributed by atoms with Crippen LogP contribution in [0.1, 0.15) is 20.3 Å². The molecule has 1 aromatic heterocycles. The Bertz CT molecular complexity index is 545. The average Bonchev–Trinajstić information content (AvgIpc) is 2.97. The average molecular weight is 305 g/mol. The van der Waals surface area contributed by atoms with E-state index in [0.29, 0.717) is 22.9 Å². The van der Waals surface area contributed by atoms with E-state index in [4.69, 9.17) is 0 Å². The van der Waals surface area contributed by atoms with Crippen molar-refractivity contribution in [2.45, 2.75) is 26.3 Å². The number of anilines is 1. The molecule has 1 fully saturated rings. The van der Waals surface area contributed by atoms with Crippen molar-refractivity contribution in [3.8, 4) is 0 Å². The Labute approximate surface area is 128 Å². The maximum atomic E-state index is 12.4. The van der Waals surface area contributed by atoms with Gasteiger partial charge in [-0.1, -0.05) is 13.0 Å². The quantitative estimate of drug-likeness (QED) is 0.867. The summed E-state index contributed by atoms with van der Waals surface area (Å²) in [5.41, 5.74) is 1.39. The predicted molar refractivity (Wildman–Crippen MR) is 84.9 cm³/mol. The Hall–Kier alpha value is -1.82. The number of thioether (sulfide) groups is 1. The molecule has 0 radical (unpaired) electrons. The monoisotopic (exact) mass is 305 g/mol. The number of rotatable bonds is 4. The number of hydrogen-bond donors (Lipinski definition) is 1. The SMILES string of the molecule is CC/C=C(\C)C(=O)N1CSC[C@@H]1C(=O)Nc1ccncc1. The highest BCUT2D eigenvalue weighted by molar-refractivity contribution is 7.99. The Morgan fingerprint density at radius 3 is 2.86 bits per heavy atom. The van der Waals surface area contributed by atoms with Crippen LogP contribution in [0.4, 0.5) is 5.69 Å². The van der Waals surface area contributed by atoms with Gasteiger partial charge >= 0.3 is 0 Å². The first-order chi connectivity index (χ1) is 10.1. The van der Waals surface area contributed by atoms with Crippen LogP contribution in [-0.4, -0.2) is 39.4 Å². The first kappa shape index (κ1) is 15.6. The summed E-state index contributed by atoms with van der Waals surface area (Å²) in [5, 5.41) is 2.83. The van der Waals surface area contributed by atoms with E-state index in [1.54, 1.807) is 48.1 Å². The van der Waals surface area contributed by atoms with Crippen molar-refractivity contribution in [3.05, 3.63) is 36.2 Å². The lowest BCUT2D eigenvalue weighted by atomic mass is 10.2. The van der Waals surface area contributed by atoms with Crippen molar-refractivity contribution < 1.29 is 9.59 Å². The highest BCUT2D eigenvalue weighted by Gasteiger charge is 2.34. The Balaban J connectivity index is 2.06. The number of pyridine rings is 1. The first-order valence-corrected chi connectivity index (χ1v) is 8.05. The summed E-state index contributed by atoms with van der Waals surface area (Å²) >= 11 is 1.60. The van der Waals surface area contributed by atoms with Gasteiger partial charge in [-0.3, -0.25) is 14.6 Å². The van der Waals surface area contributed by atoms with Crippen LogP contribution < -0.4 is 5.32 Å². The molecule has 2 amide bonds. The molecular formula is C15H19N3O2S. The minimum absolute atomic E-state index is 0.0586. The Morgan fingerprint density at radius 1 is 1.48 bits per heavy atom. The molecule has 0 unspecified atom stereocenters. The van der Waals surface area contributed by atoms with Crippen LogP contribution in [0.2, 0.25) is 0 Å². The van der Waals surface area contributed by atoms with Gasteiger partial charge in [0.05, 0.1) is 5.88 Å². The molecule has 1 atom stereocenters. The van der Waals surface area contributed by atoms with Gasteiger partial charge in [-0.25, -0.2) is 0 Å². The molecule has 0 bridgehead atoms. The van der Waals surface area contributed by atoms with Crippen LogP contribution in [0.3, 0.4) is 0 Å². The number of aromatic nitrogens is 1. The maximum Gasteiger partial charge on any atom is 0.250 e. The third-order valence-electron chi connectivity index (χ3n) is 3.24. The Kier molecular flexibility index (Phi) is 5.38. The van der Waals surface area contributed by atoms with Crippen molar-refractivity contribution in [3.63, 3.8) is 0 Å². The van der Waals surface area contributed by atoms with Crippen LogP contribution in [0.15, 0.2) is 36.2 Å². The lowest BCUT2D eigenvalue weighted by Crippen LogP contribution is -2.44. The highest BCUT2D eigenvalue weighted by atomic mass is 32.2. The van der Waals surface area contributed by atoms with Crippen molar-refractivity contribution >= 4 is 29.3 Å². The molecule has 6 heteroatoms. The molecule has 1 aliphatic heterocycles. The largest absolute Gasteiger partial charge is 0.324 e. The van der Waals surface area contributed by atoms with E-state index in [-0.39, 0.29) is 11.8 Å². The second-order valence-electron chi connectivity index (χ2n) is 4.81.